The molecule has 0 bridgehead atoms. The first-order valence-electron chi connectivity index (χ1n) is 10.1. The van der Waals surface area contributed by atoms with E-state index in [9.17, 15) is 14.7 Å². The third kappa shape index (κ3) is 2.94. The summed E-state index contributed by atoms with van der Waals surface area (Å²) in [6, 6.07) is 23.5. The standard InChI is InChI=1S/C26H20N2O3/c1-16-9-5-6-12-18(16)23-22(24(29)20-15-27-21-14-8-7-13-19(20)21)25(30)26(31)28(23)17-10-3-2-4-11-17/h2-15,23,27,29H,1H3/b24-22+. The van der Waals surface area contributed by atoms with Crippen molar-refractivity contribution in [3.63, 3.8) is 0 Å². The zero-order chi connectivity index (χ0) is 21.5. The van der Waals surface area contributed by atoms with Crippen LogP contribution in [0.3, 0.4) is 0 Å². The van der Waals surface area contributed by atoms with Gasteiger partial charge in [-0.15, -0.1) is 0 Å². The summed E-state index contributed by atoms with van der Waals surface area (Å²) in [7, 11) is 0. The molecule has 1 saturated heterocycles. The molecule has 5 heteroatoms. The molecule has 1 unspecified atom stereocenters. The number of H-pyrrole nitrogens is 1. The van der Waals surface area contributed by atoms with Crippen molar-refractivity contribution in [2.45, 2.75) is 13.0 Å². The molecule has 1 aromatic heterocycles. The van der Waals surface area contributed by atoms with Crippen LogP contribution in [-0.2, 0) is 9.59 Å². The van der Waals surface area contributed by atoms with Crippen LogP contribution in [-0.4, -0.2) is 21.8 Å². The van der Waals surface area contributed by atoms with Crippen molar-refractivity contribution >= 4 is 34.0 Å². The van der Waals surface area contributed by atoms with Crippen LogP contribution in [0.5, 0.6) is 0 Å². The van der Waals surface area contributed by atoms with Gasteiger partial charge in [0.25, 0.3) is 11.7 Å². The molecule has 1 atom stereocenters. The summed E-state index contributed by atoms with van der Waals surface area (Å²) in [4.78, 5) is 31.0. The van der Waals surface area contributed by atoms with E-state index in [0.29, 0.717) is 11.3 Å². The topological polar surface area (TPSA) is 73.4 Å². The smallest absolute Gasteiger partial charge is 0.300 e. The number of aromatic amines is 1. The van der Waals surface area contributed by atoms with Gasteiger partial charge in [0.2, 0.25) is 0 Å². The van der Waals surface area contributed by atoms with Gasteiger partial charge in [-0.2, -0.15) is 0 Å². The molecule has 0 spiro atoms. The van der Waals surface area contributed by atoms with Crippen LogP contribution in [0.1, 0.15) is 22.7 Å². The van der Waals surface area contributed by atoms with Crippen molar-refractivity contribution in [1.82, 2.24) is 4.98 Å². The minimum atomic E-state index is -0.725. The zero-order valence-electron chi connectivity index (χ0n) is 16.9. The lowest BCUT2D eigenvalue weighted by atomic mass is 9.92. The number of carbonyl (C=O) groups excluding carboxylic acids is 2. The molecule has 0 aliphatic carbocycles. The van der Waals surface area contributed by atoms with Gasteiger partial charge in [-0.3, -0.25) is 14.5 Å². The quantitative estimate of drug-likeness (QED) is 0.281. The Labute approximate surface area is 179 Å². The number of aliphatic hydroxyl groups is 1. The number of Topliss-reactive ketones (excluding diaryl/α,β-unsaturated/α-hetero) is 1. The number of hydrogen-bond donors (Lipinski definition) is 2. The second-order valence-electron chi connectivity index (χ2n) is 7.61. The molecule has 3 aromatic carbocycles. The summed E-state index contributed by atoms with van der Waals surface area (Å²) in [6.45, 7) is 1.94. The normalized spacial score (nSPS) is 18.1. The SMILES string of the molecule is Cc1ccccc1C1/C(=C(\O)c2c[nH]c3ccccc23)C(=O)C(=O)N1c1ccccc1. The fraction of sp³-hybridized carbons (Fsp3) is 0.0769. The molecule has 1 aliphatic heterocycles. The largest absolute Gasteiger partial charge is 0.507 e. The van der Waals surface area contributed by atoms with Crippen LogP contribution < -0.4 is 4.90 Å². The lowest BCUT2D eigenvalue weighted by Gasteiger charge is -2.26. The summed E-state index contributed by atoms with van der Waals surface area (Å²) < 4.78 is 0. The Hall–Kier alpha value is -4.12. The number of ketones is 1. The number of hydrogen-bond acceptors (Lipinski definition) is 3. The minimum Gasteiger partial charge on any atom is -0.507 e. The van der Waals surface area contributed by atoms with Gasteiger partial charge in [-0.05, 0) is 36.2 Å². The van der Waals surface area contributed by atoms with E-state index in [1.54, 1.807) is 18.3 Å². The second kappa shape index (κ2) is 7.29. The maximum atomic E-state index is 13.2. The number of nitrogens with zero attached hydrogens (tertiary/aromatic N) is 1. The number of fused-ring (bicyclic) bond motifs is 1. The number of rotatable bonds is 3. The minimum absolute atomic E-state index is 0.0907. The molecule has 1 fully saturated rings. The van der Waals surface area contributed by atoms with Gasteiger partial charge in [-0.25, -0.2) is 0 Å². The Morgan fingerprint density at radius 3 is 2.35 bits per heavy atom. The van der Waals surface area contributed by atoms with Gasteiger partial charge in [0, 0.05) is 28.4 Å². The van der Waals surface area contributed by atoms with E-state index in [0.717, 1.165) is 22.0 Å². The van der Waals surface area contributed by atoms with E-state index in [1.807, 2.05) is 73.7 Å². The van der Waals surface area contributed by atoms with Gasteiger partial charge < -0.3 is 10.1 Å². The van der Waals surface area contributed by atoms with Crippen LogP contribution in [0.15, 0.2) is 90.6 Å². The van der Waals surface area contributed by atoms with E-state index in [-0.39, 0.29) is 11.3 Å². The molecule has 31 heavy (non-hydrogen) atoms. The van der Waals surface area contributed by atoms with Crippen molar-refractivity contribution in [3.8, 4) is 0 Å². The fourth-order valence-electron chi connectivity index (χ4n) is 4.29. The Morgan fingerprint density at radius 1 is 0.903 bits per heavy atom. The molecule has 0 radical (unpaired) electrons. The Morgan fingerprint density at radius 2 is 1.58 bits per heavy atom. The third-order valence-corrected chi connectivity index (χ3v) is 5.81. The second-order valence-corrected chi connectivity index (χ2v) is 7.61. The molecule has 5 nitrogen and oxygen atoms in total. The molecular formula is C26H20N2O3. The van der Waals surface area contributed by atoms with Crippen molar-refractivity contribution in [2.24, 2.45) is 0 Å². The average Bonchev–Trinajstić information content (AvgIpc) is 3.34. The maximum Gasteiger partial charge on any atom is 0.300 e. The van der Waals surface area contributed by atoms with Gasteiger partial charge in [0.15, 0.2) is 0 Å². The van der Waals surface area contributed by atoms with Crippen LogP contribution in [0, 0.1) is 6.92 Å². The average molecular weight is 408 g/mol. The number of aromatic nitrogens is 1. The molecule has 0 saturated carbocycles. The number of para-hydroxylation sites is 2. The number of anilines is 1. The summed E-state index contributed by atoms with van der Waals surface area (Å²) in [6.07, 6.45) is 1.67. The highest BCUT2D eigenvalue weighted by Crippen LogP contribution is 2.43. The van der Waals surface area contributed by atoms with E-state index in [4.69, 9.17) is 0 Å². The summed E-state index contributed by atoms with van der Waals surface area (Å²) in [5.74, 6) is -1.52. The van der Waals surface area contributed by atoms with Crippen LogP contribution in [0.25, 0.3) is 16.7 Å². The van der Waals surface area contributed by atoms with Crippen LogP contribution >= 0.6 is 0 Å². The van der Waals surface area contributed by atoms with Gasteiger partial charge in [0.05, 0.1) is 11.6 Å². The van der Waals surface area contributed by atoms with E-state index in [2.05, 4.69) is 4.98 Å². The monoisotopic (exact) mass is 408 g/mol. The first-order chi connectivity index (χ1) is 15.1. The summed E-state index contributed by atoms with van der Waals surface area (Å²) >= 11 is 0. The summed E-state index contributed by atoms with van der Waals surface area (Å²) in [5.41, 5.74) is 3.77. The lowest BCUT2D eigenvalue weighted by molar-refractivity contribution is -0.132. The molecule has 5 rings (SSSR count). The first kappa shape index (κ1) is 18.9. The van der Waals surface area contributed by atoms with Gasteiger partial charge >= 0.3 is 0 Å². The number of nitrogens with one attached hydrogen (secondary N) is 1. The molecule has 4 aromatic rings. The Kier molecular flexibility index (Phi) is 4.44. The van der Waals surface area contributed by atoms with Crippen molar-refractivity contribution in [2.75, 3.05) is 4.90 Å². The maximum absolute atomic E-state index is 13.2. The predicted molar refractivity (Wildman–Crippen MR) is 121 cm³/mol. The number of benzene rings is 3. The lowest BCUT2D eigenvalue weighted by Crippen LogP contribution is -2.29. The van der Waals surface area contributed by atoms with Gasteiger partial charge in [-0.1, -0.05) is 60.7 Å². The number of amides is 1. The van der Waals surface area contributed by atoms with Crippen LogP contribution in [0.4, 0.5) is 5.69 Å². The third-order valence-electron chi connectivity index (χ3n) is 5.81. The number of carbonyl (C=O) groups is 2. The van der Waals surface area contributed by atoms with E-state index >= 15 is 0 Å². The highest BCUT2D eigenvalue weighted by molar-refractivity contribution is 6.51. The summed E-state index contributed by atoms with van der Waals surface area (Å²) in [5, 5.41) is 12.1. The number of aryl methyl sites for hydroxylation is 1. The first-order valence-corrected chi connectivity index (χ1v) is 10.1. The van der Waals surface area contributed by atoms with E-state index in [1.165, 1.54) is 4.90 Å². The van der Waals surface area contributed by atoms with Crippen molar-refractivity contribution in [1.29, 1.82) is 0 Å². The molecule has 1 amide bonds. The Bertz CT molecular complexity index is 1350. The zero-order valence-corrected chi connectivity index (χ0v) is 16.9. The molecule has 1 aliphatic rings. The highest BCUT2D eigenvalue weighted by atomic mass is 16.3. The van der Waals surface area contributed by atoms with Crippen molar-refractivity contribution in [3.05, 3.63) is 107 Å². The fourth-order valence-corrected chi connectivity index (χ4v) is 4.29. The molecular weight excluding hydrogens is 388 g/mol. The van der Waals surface area contributed by atoms with E-state index < -0.39 is 17.7 Å². The predicted octanol–water partition coefficient (Wildman–Crippen LogP) is 5.10. The van der Waals surface area contributed by atoms with Gasteiger partial charge in [0.1, 0.15) is 5.76 Å². The Balaban J connectivity index is 1.79. The highest BCUT2D eigenvalue weighted by Gasteiger charge is 2.47. The molecule has 152 valence electrons. The number of aliphatic hydroxyl groups excluding tert-OH is 1. The molecule has 2 N–H and O–H groups in total. The van der Waals surface area contributed by atoms with Crippen LogP contribution in [0.2, 0.25) is 0 Å². The van der Waals surface area contributed by atoms with Crippen molar-refractivity contribution < 1.29 is 14.7 Å². The molecule has 2 heterocycles.